The summed E-state index contributed by atoms with van der Waals surface area (Å²) in [5.74, 6) is 0.896. The third-order valence-electron chi connectivity index (χ3n) is 13.1. The molecule has 368 valence electrons. The molecule has 2 atom stereocenters. The molecule has 0 spiro atoms. The lowest BCUT2D eigenvalue weighted by molar-refractivity contribution is -0.167. The van der Waals surface area contributed by atoms with E-state index >= 15 is 0 Å². The van der Waals surface area contributed by atoms with Gasteiger partial charge >= 0.3 is 17.9 Å². The van der Waals surface area contributed by atoms with E-state index in [2.05, 4.69) is 34.6 Å². The average molecular weight is 877 g/mol. The fourth-order valence-electron chi connectivity index (χ4n) is 8.49. The monoisotopic (exact) mass is 877 g/mol. The number of carbonyl (C=O) groups is 3. The quantitative estimate of drug-likeness (QED) is 0.0344. The fraction of sp³-hybridized carbons (Fsp3) is 0.946. The topological polar surface area (TPSA) is 78.9 Å². The second kappa shape index (κ2) is 48.9. The van der Waals surface area contributed by atoms with Crippen LogP contribution in [0.2, 0.25) is 0 Å². The Morgan fingerprint density at radius 3 is 0.919 bits per heavy atom. The maximum Gasteiger partial charge on any atom is 0.306 e. The zero-order valence-electron chi connectivity index (χ0n) is 42.5. The summed E-state index contributed by atoms with van der Waals surface area (Å²) in [6.07, 6.45) is 51.3. The van der Waals surface area contributed by atoms with Crippen molar-refractivity contribution < 1.29 is 28.6 Å². The summed E-state index contributed by atoms with van der Waals surface area (Å²) in [5, 5.41) is 0. The van der Waals surface area contributed by atoms with Crippen LogP contribution in [0.15, 0.2) is 0 Å². The zero-order valence-corrected chi connectivity index (χ0v) is 42.5. The first kappa shape index (κ1) is 60.4. The van der Waals surface area contributed by atoms with Gasteiger partial charge in [0, 0.05) is 19.3 Å². The van der Waals surface area contributed by atoms with E-state index in [9.17, 15) is 14.4 Å². The van der Waals surface area contributed by atoms with Gasteiger partial charge in [0.15, 0.2) is 6.10 Å². The minimum absolute atomic E-state index is 0.0641. The van der Waals surface area contributed by atoms with E-state index in [4.69, 9.17) is 14.2 Å². The number of hydrogen-bond donors (Lipinski definition) is 0. The predicted octanol–water partition coefficient (Wildman–Crippen LogP) is 18.1. The van der Waals surface area contributed by atoms with Crippen molar-refractivity contribution in [2.45, 2.75) is 317 Å². The molecule has 0 heterocycles. The molecule has 6 nitrogen and oxygen atoms in total. The fourth-order valence-corrected chi connectivity index (χ4v) is 8.49. The van der Waals surface area contributed by atoms with Gasteiger partial charge in [-0.25, -0.2) is 0 Å². The van der Waals surface area contributed by atoms with Gasteiger partial charge in [-0.2, -0.15) is 0 Å². The molecule has 0 amide bonds. The third-order valence-corrected chi connectivity index (χ3v) is 13.1. The van der Waals surface area contributed by atoms with Crippen LogP contribution in [-0.2, 0) is 28.6 Å². The molecule has 0 bridgehead atoms. The highest BCUT2D eigenvalue weighted by molar-refractivity contribution is 5.71. The molecule has 1 unspecified atom stereocenters. The van der Waals surface area contributed by atoms with Crippen LogP contribution in [0, 0.1) is 11.8 Å². The predicted molar refractivity (Wildman–Crippen MR) is 266 cm³/mol. The molecule has 0 aromatic carbocycles. The number of carbonyl (C=O) groups excluding carboxylic acids is 3. The zero-order chi connectivity index (χ0) is 45.4. The Labute approximate surface area is 387 Å². The molecule has 0 aliphatic heterocycles. The second-order valence-electron chi connectivity index (χ2n) is 19.9. The minimum Gasteiger partial charge on any atom is -0.462 e. The van der Waals surface area contributed by atoms with E-state index in [1.54, 1.807) is 0 Å². The average Bonchev–Trinajstić information content (AvgIpc) is 3.26. The molecule has 0 rings (SSSR count). The van der Waals surface area contributed by atoms with Crippen molar-refractivity contribution in [2.24, 2.45) is 11.8 Å². The number of ether oxygens (including phenoxy) is 3. The van der Waals surface area contributed by atoms with Crippen molar-refractivity contribution in [3.05, 3.63) is 0 Å². The molecule has 0 fully saturated rings. The van der Waals surface area contributed by atoms with Crippen molar-refractivity contribution in [3.63, 3.8) is 0 Å². The van der Waals surface area contributed by atoms with Crippen LogP contribution in [0.1, 0.15) is 311 Å². The van der Waals surface area contributed by atoms with Gasteiger partial charge in [-0.15, -0.1) is 0 Å². The SMILES string of the molecule is CCCCCCCC(=O)OC[C@@H](COC(=O)CCCCCCCCCCCCCCCCC(C)CC)OC(=O)CCCCCCCCCCCCCCCCCCCCC(C)C. The Balaban J connectivity index is 4.06. The molecule has 0 aliphatic carbocycles. The van der Waals surface area contributed by atoms with Crippen LogP contribution in [0.5, 0.6) is 0 Å². The lowest BCUT2D eigenvalue weighted by Crippen LogP contribution is -2.30. The lowest BCUT2D eigenvalue weighted by atomic mass is 9.99. The number of hydrogen-bond acceptors (Lipinski definition) is 6. The normalized spacial score (nSPS) is 12.5. The molecule has 0 N–H and O–H groups in total. The molecule has 62 heavy (non-hydrogen) atoms. The van der Waals surface area contributed by atoms with Crippen LogP contribution >= 0.6 is 0 Å². The Hall–Kier alpha value is -1.59. The van der Waals surface area contributed by atoms with E-state index < -0.39 is 6.10 Å². The maximum atomic E-state index is 12.8. The van der Waals surface area contributed by atoms with E-state index in [0.29, 0.717) is 19.3 Å². The summed E-state index contributed by atoms with van der Waals surface area (Å²) in [6, 6.07) is 0. The Bertz CT molecular complexity index is 949. The first-order chi connectivity index (χ1) is 30.3. The summed E-state index contributed by atoms with van der Waals surface area (Å²) < 4.78 is 16.7. The first-order valence-corrected chi connectivity index (χ1v) is 27.8. The smallest absolute Gasteiger partial charge is 0.306 e. The minimum atomic E-state index is -0.760. The summed E-state index contributed by atoms with van der Waals surface area (Å²) in [4.78, 5) is 37.7. The molecular weight excluding hydrogens is 769 g/mol. The van der Waals surface area contributed by atoms with Crippen LogP contribution in [0.4, 0.5) is 0 Å². The van der Waals surface area contributed by atoms with Crippen LogP contribution in [-0.4, -0.2) is 37.2 Å². The number of rotatable bonds is 50. The van der Waals surface area contributed by atoms with E-state index in [1.165, 1.54) is 193 Å². The highest BCUT2D eigenvalue weighted by Crippen LogP contribution is 2.18. The first-order valence-electron chi connectivity index (χ1n) is 27.8. The van der Waals surface area contributed by atoms with Gasteiger partial charge in [-0.1, -0.05) is 272 Å². The molecule has 0 saturated carbocycles. The number of unbranched alkanes of at least 4 members (excludes halogenated alkanes) is 34. The van der Waals surface area contributed by atoms with E-state index in [-0.39, 0.29) is 31.1 Å². The van der Waals surface area contributed by atoms with Gasteiger partial charge in [0.25, 0.3) is 0 Å². The highest BCUT2D eigenvalue weighted by atomic mass is 16.6. The molecular formula is C56H108O6. The Morgan fingerprint density at radius 2 is 0.613 bits per heavy atom. The summed E-state index contributed by atoms with van der Waals surface area (Å²) >= 11 is 0. The van der Waals surface area contributed by atoms with Gasteiger partial charge in [-0.3, -0.25) is 14.4 Å². The summed E-state index contributed by atoms with van der Waals surface area (Å²) in [5.41, 5.74) is 0. The standard InChI is InChI=1S/C56H108O6/c1-6-8-9-34-41-46-54(57)60-49-53(50-61-55(58)47-42-37-32-28-24-20-17-16-19-23-27-31-36-40-45-52(5)7-2)62-56(59)48-43-38-33-29-25-21-15-13-11-10-12-14-18-22-26-30-35-39-44-51(3)4/h51-53H,6-50H2,1-5H3/t52?,53-/m0/s1. The molecule has 0 aromatic heterocycles. The van der Waals surface area contributed by atoms with Crippen molar-refractivity contribution in [2.75, 3.05) is 13.2 Å². The van der Waals surface area contributed by atoms with E-state index in [0.717, 1.165) is 76.0 Å². The van der Waals surface area contributed by atoms with Gasteiger partial charge in [0.05, 0.1) is 0 Å². The lowest BCUT2D eigenvalue weighted by Gasteiger charge is -2.18. The van der Waals surface area contributed by atoms with Gasteiger partial charge in [-0.05, 0) is 31.1 Å². The number of esters is 3. The molecule has 0 aromatic rings. The third kappa shape index (κ3) is 47.9. The highest BCUT2D eigenvalue weighted by Gasteiger charge is 2.19. The molecule has 0 aliphatic rings. The Kier molecular flexibility index (Phi) is 47.6. The van der Waals surface area contributed by atoms with Crippen LogP contribution < -0.4 is 0 Å². The molecule has 0 radical (unpaired) electrons. The van der Waals surface area contributed by atoms with E-state index in [1.807, 2.05) is 0 Å². The second-order valence-corrected chi connectivity index (χ2v) is 19.9. The largest absolute Gasteiger partial charge is 0.462 e. The summed E-state index contributed by atoms with van der Waals surface area (Å²) in [6.45, 7) is 11.4. The van der Waals surface area contributed by atoms with Crippen molar-refractivity contribution in [3.8, 4) is 0 Å². The van der Waals surface area contributed by atoms with Crippen LogP contribution in [0.25, 0.3) is 0 Å². The van der Waals surface area contributed by atoms with Crippen LogP contribution in [0.3, 0.4) is 0 Å². The molecule has 0 saturated heterocycles. The van der Waals surface area contributed by atoms with Crippen molar-refractivity contribution in [1.29, 1.82) is 0 Å². The van der Waals surface area contributed by atoms with Gasteiger partial charge < -0.3 is 14.2 Å². The molecule has 6 heteroatoms. The summed E-state index contributed by atoms with van der Waals surface area (Å²) in [7, 11) is 0. The van der Waals surface area contributed by atoms with Gasteiger partial charge in [0.1, 0.15) is 13.2 Å². The van der Waals surface area contributed by atoms with Gasteiger partial charge in [0.2, 0.25) is 0 Å². The van der Waals surface area contributed by atoms with Crippen molar-refractivity contribution >= 4 is 17.9 Å². The maximum absolute atomic E-state index is 12.8. The van der Waals surface area contributed by atoms with Crippen molar-refractivity contribution in [1.82, 2.24) is 0 Å². The Morgan fingerprint density at radius 1 is 0.339 bits per heavy atom.